The fourth-order valence-electron chi connectivity index (χ4n) is 3.59. The van der Waals surface area contributed by atoms with Crippen LogP contribution in [0.4, 0.5) is 4.79 Å². The third kappa shape index (κ3) is 4.15. The summed E-state index contributed by atoms with van der Waals surface area (Å²) >= 11 is 6.27. The molecule has 2 amide bonds. The van der Waals surface area contributed by atoms with Gasteiger partial charge in [-0.25, -0.2) is 4.79 Å². The molecule has 0 radical (unpaired) electrons. The lowest BCUT2D eigenvalue weighted by molar-refractivity contribution is -0.150. The molecule has 2 unspecified atom stereocenters. The Hall–Kier alpha value is -2.01. The zero-order valence-corrected chi connectivity index (χ0v) is 14.8. The second-order valence-electron chi connectivity index (χ2n) is 6.73. The van der Waals surface area contributed by atoms with E-state index in [2.05, 4.69) is 17.2 Å². The molecule has 3 rings (SSSR count). The zero-order valence-electron chi connectivity index (χ0n) is 14.1. The van der Waals surface area contributed by atoms with Crippen LogP contribution >= 0.6 is 11.6 Å². The van der Waals surface area contributed by atoms with Crippen molar-refractivity contribution in [2.24, 2.45) is 11.8 Å². The molecule has 1 aliphatic heterocycles. The van der Waals surface area contributed by atoms with Gasteiger partial charge in [0.05, 0.1) is 12.6 Å². The molecule has 0 bridgehead atoms. The minimum absolute atomic E-state index is 0.335. The molecule has 6 heteroatoms. The maximum absolute atomic E-state index is 12.7. The predicted octanol–water partition coefficient (Wildman–Crippen LogP) is 3.95. The molecule has 2 aliphatic rings. The molecule has 5 nitrogen and oxygen atoms in total. The van der Waals surface area contributed by atoms with Gasteiger partial charge >= 0.3 is 12.0 Å². The molecule has 2 N–H and O–H groups in total. The lowest BCUT2D eigenvalue weighted by atomic mass is 9.88. The Kier molecular flexibility index (Phi) is 5.63. The molecule has 1 aromatic carbocycles. The number of nitrogens with one attached hydrogen (secondary N) is 2. The quantitative estimate of drug-likeness (QED) is 0.797. The van der Waals surface area contributed by atoms with Crippen molar-refractivity contribution in [1.82, 2.24) is 10.6 Å². The van der Waals surface area contributed by atoms with Crippen LogP contribution in [0.25, 0.3) is 0 Å². The Balaban J connectivity index is 1.75. The normalized spacial score (nSPS) is 24.4. The van der Waals surface area contributed by atoms with Gasteiger partial charge in [-0.1, -0.05) is 55.6 Å². The lowest BCUT2D eigenvalue weighted by Gasteiger charge is -2.34. The first-order valence-corrected chi connectivity index (χ1v) is 9.11. The Labute approximate surface area is 152 Å². The number of hydrogen-bond acceptors (Lipinski definition) is 3. The summed E-state index contributed by atoms with van der Waals surface area (Å²) in [7, 11) is 0. The number of ether oxygens (including phenoxy) is 1. The number of rotatable bonds is 4. The molecule has 1 saturated carbocycles. The third-order valence-electron chi connectivity index (χ3n) is 4.95. The van der Waals surface area contributed by atoms with E-state index in [0.29, 0.717) is 28.8 Å². The number of esters is 1. The summed E-state index contributed by atoms with van der Waals surface area (Å²) in [6.45, 7) is 4.27. The van der Waals surface area contributed by atoms with Crippen LogP contribution in [0, 0.1) is 11.8 Å². The Morgan fingerprint density at radius 3 is 2.68 bits per heavy atom. The monoisotopic (exact) mass is 362 g/mol. The fraction of sp³-hybridized carbons (Fsp3) is 0.474. The van der Waals surface area contributed by atoms with E-state index < -0.39 is 18.0 Å². The van der Waals surface area contributed by atoms with Crippen molar-refractivity contribution in [3.63, 3.8) is 0 Å². The Morgan fingerprint density at radius 1 is 1.24 bits per heavy atom. The van der Waals surface area contributed by atoms with Crippen LogP contribution in [0.1, 0.15) is 43.7 Å². The van der Waals surface area contributed by atoms with Crippen LogP contribution in [-0.2, 0) is 9.53 Å². The van der Waals surface area contributed by atoms with E-state index >= 15 is 0 Å². The second kappa shape index (κ2) is 7.91. The van der Waals surface area contributed by atoms with Crippen LogP contribution in [0.5, 0.6) is 0 Å². The summed E-state index contributed by atoms with van der Waals surface area (Å²) in [4.78, 5) is 24.6. The smallest absolute Gasteiger partial charge is 0.319 e. The van der Waals surface area contributed by atoms with Crippen molar-refractivity contribution in [3.05, 3.63) is 47.1 Å². The first-order valence-electron chi connectivity index (χ1n) is 8.73. The Bertz CT molecular complexity index is 670. The van der Waals surface area contributed by atoms with Crippen molar-refractivity contribution in [2.75, 3.05) is 6.61 Å². The largest absolute Gasteiger partial charge is 0.465 e. The van der Waals surface area contributed by atoms with Gasteiger partial charge < -0.3 is 15.4 Å². The van der Waals surface area contributed by atoms with Crippen molar-refractivity contribution >= 4 is 23.6 Å². The predicted molar refractivity (Wildman–Crippen MR) is 96.0 cm³/mol. The third-order valence-corrected chi connectivity index (χ3v) is 5.29. The minimum Gasteiger partial charge on any atom is -0.465 e. The highest BCUT2D eigenvalue weighted by molar-refractivity contribution is 6.31. The molecule has 1 saturated heterocycles. The summed E-state index contributed by atoms with van der Waals surface area (Å²) in [5.74, 6) is -0.662. The van der Waals surface area contributed by atoms with E-state index in [4.69, 9.17) is 16.3 Å². The van der Waals surface area contributed by atoms with Gasteiger partial charge in [-0.3, -0.25) is 4.79 Å². The van der Waals surface area contributed by atoms with Crippen LogP contribution in [0.2, 0.25) is 5.02 Å². The molecule has 2 fully saturated rings. The summed E-state index contributed by atoms with van der Waals surface area (Å²) in [6, 6.07) is 6.17. The zero-order chi connectivity index (χ0) is 17.8. The molecule has 1 aliphatic carbocycles. The van der Waals surface area contributed by atoms with Gasteiger partial charge in [-0.05, 0) is 30.4 Å². The van der Waals surface area contributed by atoms with Gasteiger partial charge in [0.1, 0.15) is 5.92 Å². The first kappa shape index (κ1) is 17.8. The number of benzene rings is 1. The summed E-state index contributed by atoms with van der Waals surface area (Å²) in [6.07, 6.45) is 5.84. The van der Waals surface area contributed by atoms with Crippen LogP contribution in [0.3, 0.4) is 0 Å². The van der Waals surface area contributed by atoms with Crippen molar-refractivity contribution in [2.45, 2.75) is 38.1 Å². The molecular weight excluding hydrogens is 340 g/mol. The van der Waals surface area contributed by atoms with Crippen molar-refractivity contribution in [1.29, 1.82) is 0 Å². The van der Waals surface area contributed by atoms with Crippen molar-refractivity contribution in [3.8, 4) is 0 Å². The lowest BCUT2D eigenvalue weighted by Crippen LogP contribution is -2.51. The summed E-state index contributed by atoms with van der Waals surface area (Å²) in [5.41, 5.74) is 1.02. The molecule has 25 heavy (non-hydrogen) atoms. The molecule has 2 atom stereocenters. The molecule has 0 spiro atoms. The maximum atomic E-state index is 12.7. The van der Waals surface area contributed by atoms with E-state index in [-0.39, 0.29) is 5.97 Å². The Morgan fingerprint density at radius 2 is 1.96 bits per heavy atom. The van der Waals surface area contributed by atoms with Gasteiger partial charge in [-0.15, -0.1) is 0 Å². The van der Waals surface area contributed by atoms with Gasteiger partial charge in [-0.2, -0.15) is 0 Å². The standard InChI is InChI=1S/C19H23ClN2O3/c1-12-16(18(23)25-11-13-7-3-2-4-8-13)17(22-19(24)21-12)14-9-5-6-10-15(14)20/h5-6,9-10,13,16-17H,1-4,7-8,11H2,(H2,21,22,24). The highest BCUT2D eigenvalue weighted by Crippen LogP contribution is 2.34. The van der Waals surface area contributed by atoms with Crippen LogP contribution in [-0.4, -0.2) is 18.6 Å². The van der Waals surface area contributed by atoms with E-state index in [1.165, 1.54) is 19.3 Å². The number of carbonyl (C=O) groups excluding carboxylic acids is 2. The molecule has 134 valence electrons. The van der Waals surface area contributed by atoms with Crippen LogP contribution in [0.15, 0.2) is 36.5 Å². The SMILES string of the molecule is C=C1NC(=O)NC(c2ccccc2Cl)C1C(=O)OCC1CCCCC1. The average molecular weight is 363 g/mol. The second-order valence-corrected chi connectivity index (χ2v) is 7.14. The van der Waals surface area contributed by atoms with E-state index in [1.807, 2.05) is 6.07 Å². The highest BCUT2D eigenvalue weighted by atomic mass is 35.5. The van der Waals surface area contributed by atoms with Gasteiger partial charge in [0.25, 0.3) is 0 Å². The first-order chi connectivity index (χ1) is 12.1. The number of urea groups is 1. The number of hydrogen-bond donors (Lipinski definition) is 2. The van der Waals surface area contributed by atoms with E-state index in [1.54, 1.807) is 18.2 Å². The van der Waals surface area contributed by atoms with Gasteiger partial charge in [0.2, 0.25) is 0 Å². The fourth-order valence-corrected chi connectivity index (χ4v) is 3.85. The molecule has 1 heterocycles. The van der Waals surface area contributed by atoms with E-state index in [0.717, 1.165) is 12.8 Å². The topological polar surface area (TPSA) is 67.4 Å². The summed E-state index contributed by atoms with van der Waals surface area (Å²) < 4.78 is 5.58. The maximum Gasteiger partial charge on any atom is 0.319 e. The van der Waals surface area contributed by atoms with Gasteiger partial charge in [0, 0.05) is 10.7 Å². The van der Waals surface area contributed by atoms with Gasteiger partial charge in [0.15, 0.2) is 0 Å². The van der Waals surface area contributed by atoms with Crippen molar-refractivity contribution < 1.29 is 14.3 Å². The average Bonchev–Trinajstić information content (AvgIpc) is 2.60. The number of carbonyl (C=O) groups is 2. The number of amides is 2. The minimum atomic E-state index is -0.707. The molecular formula is C19H23ClN2O3. The molecule has 0 aromatic heterocycles. The highest BCUT2D eigenvalue weighted by Gasteiger charge is 2.39. The molecule has 1 aromatic rings. The van der Waals surface area contributed by atoms with Crippen LogP contribution < -0.4 is 10.6 Å². The summed E-state index contributed by atoms with van der Waals surface area (Å²) in [5, 5.41) is 5.85. The number of halogens is 1. The van der Waals surface area contributed by atoms with E-state index in [9.17, 15) is 9.59 Å².